The molecule has 1 heterocycles. The third-order valence-electron chi connectivity index (χ3n) is 4.41. The van der Waals surface area contributed by atoms with E-state index in [-0.39, 0.29) is 11.9 Å². The lowest BCUT2D eigenvalue weighted by Gasteiger charge is -2.28. The van der Waals surface area contributed by atoms with E-state index in [1.165, 1.54) is 4.88 Å². The summed E-state index contributed by atoms with van der Waals surface area (Å²) in [5.74, 6) is 0.244. The Bertz CT molecular complexity index is 493. The maximum atomic E-state index is 12.8. The molecule has 1 saturated carbocycles. The highest BCUT2D eigenvalue weighted by atomic mass is 32.1. The number of nitrogens with one attached hydrogen (secondary N) is 1. The van der Waals surface area contributed by atoms with Gasteiger partial charge in [-0.3, -0.25) is 4.79 Å². The van der Waals surface area contributed by atoms with Gasteiger partial charge in [-0.05, 0) is 30.2 Å². The number of rotatable bonds is 4. The maximum absolute atomic E-state index is 12.8. The third kappa shape index (κ3) is 3.65. The zero-order valence-corrected chi connectivity index (χ0v) is 13.7. The van der Waals surface area contributed by atoms with Crippen molar-refractivity contribution in [2.24, 2.45) is 11.3 Å². The fourth-order valence-electron chi connectivity index (χ4n) is 3.04. The van der Waals surface area contributed by atoms with Gasteiger partial charge in [0.25, 0.3) is 0 Å². The van der Waals surface area contributed by atoms with Gasteiger partial charge in [-0.25, -0.2) is 0 Å². The Morgan fingerprint density at radius 3 is 2.48 bits per heavy atom. The predicted octanol–water partition coefficient (Wildman–Crippen LogP) is 4.43. The van der Waals surface area contributed by atoms with Gasteiger partial charge in [-0.1, -0.05) is 45.6 Å². The highest BCUT2D eigenvalue weighted by Gasteiger charge is 2.40. The summed E-state index contributed by atoms with van der Waals surface area (Å²) in [6.45, 7) is 4.22. The van der Waals surface area contributed by atoms with Gasteiger partial charge >= 0.3 is 0 Å². The minimum Gasteiger partial charge on any atom is -0.347 e. The molecule has 4 heteroatoms. The van der Waals surface area contributed by atoms with Gasteiger partial charge in [0.15, 0.2) is 0 Å². The average Bonchev–Trinajstić information content (AvgIpc) is 2.88. The number of nitrogens with zero attached hydrogens (tertiary/aromatic N) is 1. The Kier molecular flexibility index (Phi) is 5.41. The van der Waals surface area contributed by atoms with E-state index < -0.39 is 5.41 Å². The molecule has 0 saturated heterocycles. The monoisotopic (exact) mass is 304 g/mol. The summed E-state index contributed by atoms with van der Waals surface area (Å²) in [7, 11) is 0. The lowest BCUT2D eigenvalue weighted by Crippen LogP contribution is -2.42. The molecule has 0 aromatic carbocycles. The first-order chi connectivity index (χ1) is 10.1. The molecule has 1 aromatic rings. The molecule has 2 rings (SSSR count). The Hall–Kier alpha value is -1.34. The van der Waals surface area contributed by atoms with Crippen molar-refractivity contribution in [2.75, 3.05) is 0 Å². The number of carbonyl (C=O) groups excluding carboxylic acids is 1. The highest BCUT2D eigenvalue weighted by molar-refractivity contribution is 7.10. The van der Waals surface area contributed by atoms with Crippen LogP contribution in [0.5, 0.6) is 0 Å². The van der Waals surface area contributed by atoms with E-state index in [1.54, 1.807) is 11.3 Å². The summed E-state index contributed by atoms with van der Waals surface area (Å²) >= 11 is 1.66. The van der Waals surface area contributed by atoms with Crippen LogP contribution >= 0.6 is 11.3 Å². The van der Waals surface area contributed by atoms with Crippen LogP contribution in [0.25, 0.3) is 0 Å². The zero-order valence-electron chi connectivity index (χ0n) is 12.9. The molecule has 0 radical (unpaired) electrons. The van der Waals surface area contributed by atoms with E-state index in [2.05, 4.69) is 31.3 Å². The summed E-state index contributed by atoms with van der Waals surface area (Å²) in [5.41, 5.74) is -0.819. The summed E-state index contributed by atoms with van der Waals surface area (Å²) in [4.78, 5) is 14.0. The molecule has 3 nitrogen and oxygen atoms in total. The van der Waals surface area contributed by atoms with E-state index >= 15 is 0 Å². The number of nitriles is 1. The minimum absolute atomic E-state index is 0.00554. The predicted molar refractivity (Wildman–Crippen MR) is 85.8 cm³/mol. The van der Waals surface area contributed by atoms with Crippen LogP contribution < -0.4 is 5.32 Å². The molecule has 0 bridgehead atoms. The van der Waals surface area contributed by atoms with Crippen molar-refractivity contribution in [3.8, 4) is 6.07 Å². The van der Waals surface area contributed by atoms with Crippen molar-refractivity contribution < 1.29 is 4.79 Å². The summed E-state index contributed by atoms with van der Waals surface area (Å²) < 4.78 is 0. The first kappa shape index (κ1) is 16.0. The maximum Gasteiger partial charge on any atom is 0.240 e. The van der Waals surface area contributed by atoms with Crippen molar-refractivity contribution in [3.05, 3.63) is 22.4 Å². The smallest absolute Gasteiger partial charge is 0.240 e. The van der Waals surface area contributed by atoms with Crippen LogP contribution in [0, 0.1) is 22.7 Å². The SMILES string of the molecule is CC(C)C(NC(=O)C1(C#N)CCCCCC1)c1cccs1. The molecule has 1 aliphatic carbocycles. The van der Waals surface area contributed by atoms with Crippen molar-refractivity contribution >= 4 is 17.2 Å². The molecular formula is C17H24N2OS. The number of amides is 1. The van der Waals surface area contributed by atoms with Crippen LogP contribution in [0.4, 0.5) is 0 Å². The van der Waals surface area contributed by atoms with Crippen molar-refractivity contribution in [3.63, 3.8) is 0 Å². The van der Waals surface area contributed by atoms with Crippen molar-refractivity contribution in [1.29, 1.82) is 5.26 Å². The first-order valence-electron chi connectivity index (χ1n) is 7.85. The second-order valence-corrected chi connectivity index (χ2v) is 7.30. The van der Waals surface area contributed by atoms with Gasteiger partial charge in [-0.15, -0.1) is 11.3 Å². The fraction of sp³-hybridized carbons (Fsp3) is 0.647. The van der Waals surface area contributed by atoms with E-state index in [0.29, 0.717) is 18.8 Å². The third-order valence-corrected chi connectivity index (χ3v) is 5.36. The molecule has 1 aromatic heterocycles. The number of hydrogen-bond donors (Lipinski definition) is 1. The van der Waals surface area contributed by atoms with E-state index in [1.807, 2.05) is 11.4 Å². The topological polar surface area (TPSA) is 52.9 Å². The average molecular weight is 304 g/mol. The van der Waals surface area contributed by atoms with E-state index in [4.69, 9.17) is 0 Å². The fourth-order valence-corrected chi connectivity index (χ4v) is 3.98. The molecule has 0 spiro atoms. The molecular weight excluding hydrogens is 280 g/mol. The van der Waals surface area contributed by atoms with Crippen molar-refractivity contribution in [1.82, 2.24) is 5.32 Å². The van der Waals surface area contributed by atoms with Crippen LogP contribution in [0.3, 0.4) is 0 Å². The quantitative estimate of drug-likeness (QED) is 0.837. The Morgan fingerprint density at radius 1 is 1.33 bits per heavy atom. The molecule has 21 heavy (non-hydrogen) atoms. The molecule has 1 amide bonds. The minimum atomic E-state index is -0.819. The van der Waals surface area contributed by atoms with Crippen molar-refractivity contribution in [2.45, 2.75) is 58.4 Å². The molecule has 1 atom stereocenters. The van der Waals surface area contributed by atoms with Gasteiger partial charge in [0.2, 0.25) is 5.91 Å². The summed E-state index contributed by atoms with van der Waals surface area (Å²) in [6, 6.07) is 6.41. The highest BCUT2D eigenvalue weighted by Crippen LogP contribution is 2.36. The van der Waals surface area contributed by atoms with Gasteiger partial charge in [0.05, 0.1) is 12.1 Å². The largest absolute Gasteiger partial charge is 0.347 e. The molecule has 0 aliphatic heterocycles. The van der Waals surface area contributed by atoms with Crippen LogP contribution in [0.2, 0.25) is 0 Å². The van der Waals surface area contributed by atoms with Crippen LogP contribution in [0.1, 0.15) is 63.3 Å². The van der Waals surface area contributed by atoms with Crippen LogP contribution in [-0.4, -0.2) is 5.91 Å². The molecule has 114 valence electrons. The second kappa shape index (κ2) is 7.09. The molecule has 1 N–H and O–H groups in total. The summed E-state index contributed by atoms with van der Waals surface area (Å²) in [6.07, 6.45) is 5.62. The Morgan fingerprint density at radius 2 is 2.00 bits per heavy atom. The van der Waals surface area contributed by atoms with E-state index in [0.717, 1.165) is 25.7 Å². The molecule has 1 fully saturated rings. The van der Waals surface area contributed by atoms with Gasteiger partial charge in [0.1, 0.15) is 5.41 Å². The Balaban J connectivity index is 2.15. The zero-order chi connectivity index (χ0) is 15.3. The van der Waals surface area contributed by atoms with Crippen LogP contribution in [-0.2, 0) is 4.79 Å². The van der Waals surface area contributed by atoms with E-state index in [9.17, 15) is 10.1 Å². The molecule has 1 unspecified atom stereocenters. The van der Waals surface area contributed by atoms with Gasteiger partial charge in [0, 0.05) is 4.88 Å². The number of hydrogen-bond acceptors (Lipinski definition) is 3. The lowest BCUT2D eigenvalue weighted by molar-refractivity contribution is -0.129. The summed E-state index contributed by atoms with van der Waals surface area (Å²) in [5, 5.41) is 14.8. The second-order valence-electron chi connectivity index (χ2n) is 6.32. The normalized spacial score (nSPS) is 19.5. The van der Waals surface area contributed by atoms with Gasteiger partial charge in [-0.2, -0.15) is 5.26 Å². The standard InChI is InChI=1S/C17H24N2OS/c1-13(2)15(14-8-7-11-21-14)19-16(20)17(12-18)9-5-3-4-6-10-17/h7-8,11,13,15H,3-6,9-10H2,1-2H3,(H,19,20). The first-order valence-corrected chi connectivity index (χ1v) is 8.73. The number of thiophene rings is 1. The lowest BCUT2D eigenvalue weighted by atomic mass is 9.80. The Labute approximate surface area is 131 Å². The number of carbonyl (C=O) groups is 1. The molecule has 1 aliphatic rings. The van der Waals surface area contributed by atoms with Gasteiger partial charge < -0.3 is 5.32 Å². The van der Waals surface area contributed by atoms with Crippen LogP contribution in [0.15, 0.2) is 17.5 Å².